The Bertz CT molecular complexity index is 758. The molecule has 2 aliphatic rings. The van der Waals surface area contributed by atoms with Crippen LogP contribution in [0.2, 0.25) is 0 Å². The van der Waals surface area contributed by atoms with Crippen molar-refractivity contribution in [3.63, 3.8) is 0 Å². The summed E-state index contributed by atoms with van der Waals surface area (Å²) in [4.78, 5) is 16.7. The van der Waals surface area contributed by atoms with E-state index >= 15 is 0 Å². The molecule has 2 aromatic rings. The summed E-state index contributed by atoms with van der Waals surface area (Å²) in [6.07, 6.45) is 4.10. The van der Waals surface area contributed by atoms with E-state index in [2.05, 4.69) is 10.2 Å². The zero-order valence-corrected chi connectivity index (χ0v) is 14.8. The van der Waals surface area contributed by atoms with E-state index in [0.29, 0.717) is 5.92 Å². The summed E-state index contributed by atoms with van der Waals surface area (Å²) in [6.45, 7) is 1.47. The number of aromatic nitrogens is 2. The predicted octanol–water partition coefficient (Wildman–Crippen LogP) is 3.03. The van der Waals surface area contributed by atoms with Crippen LogP contribution in [0.1, 0.15) is 59.7 Å². The number of rotatable bonds is 4. The van der Waals surface area contributed by atoms with Crippen LogP contribution in [-0.2, 0) is 0 Å². The largest absolute Gasteiger partial charge is 0.425 e. The Morgan fingerprint density at radius 1 is 1.08 bits per heavy atom. The average Bonchev–Trinajstić information content (AvgIpc) is 3.38. The monoisotopic (exact) mass is 340 g/mol. The fourth-order valence-corrected chi connectivity index (χ4v) is 3.34. The first-order chi connectivity index (χ1) is 12.1. The number of benzene rings is 1. The normalized spacial score (nSPS) is 18.4. The minimum atomic E-state index is 0.103. The van der Waals surface area contributed by atoms with E-state index in [1.165, 1.54) is 12.8 Å². The molecule has 0 N–H and O–H groups in total. The molecule has 0 bridgehead atoms. The van der Waals surface area contributed by atoms with Crippen molar-refractivity contribution < 1.29 is 9.21 Å². The summed E-state index contributed by atoms with van der Waals surface area (Å²) in [7, 11) is 3.96. The lowest BCUT2D eigenvalue weighted by Gasteiger charge is -2.30. The van der Waals surface area contributed by atoms with Gasteiger partial charge in [-0.3, -0.25) is 4.79 Å². The van der Waals surface area contributed by atoms with Crippen LogP contribution in [0, 0.1) is 0 Å². The number of carbonyl (C=O) groups excluding carboxylic acids is 1. The van der Waals surface area contributed by atoms with Crippen molar-refractivity contribution in [2.75, 3.05) is 32.1 Å². The molecule has 1 aliphatic heterocycles. The van der Waals surface area contributed by atoms with Crippen LogP contribution in [0.25, 0.3) is 0 Å². The number of nitrogens with zero attached hydrogens (tertiary/aromatic N) is 4. The number of anilines is 1. The predicted molar refractivity (Wildman–Crippen MR) is 94.9 cm³/mol. The quantitative estimate of drug-likeness (QED) is 0.856. The third-order valence-electron chi connectivity index (χ3n) is 5.12. The molecule has 132 valence electrons. The van der Waals surface area contributed by atoms with E-state index in [4.69, 9.17) is 4.42 Å². The van der Waals surface area contributed by atoms with Gasteiger partial charge in [0.2, 0.25) is 11.8 Å². The highest BCUT2D eigenvalue weighted by Crippen LogP contribution is 2.40. The van der Waals surface area contributed by atoms with Gasteiger partial charge < -0.3 is 14.2 Å². The number of likely N-dealkylation sites (tertiary alicyclic amines) is 1. The van der Waals surface area contributed by atoms with Crippen LogP contribution in [0.15, 0.2) is 28.7 Å². The lowest BCUT2D eigenvalue weighted by Crippen LogP contribution is -2.38. The maximum absolute atomic E-state index is 12.8. The van der Waals surface area contributed by atoms with Crippen LogP contribution in [-0.4, -0.2) is 48.2 Å². The zero-order valence-electron chi connectivity index (χ0n) is 14.8. The van der Waals surface area contributed by atoms with Gasteiger partial charge >= 0.3 is 0 Å². The molecule has 0 radical (unpaired) electrons. The summed E-state index contributed by atoms with van der Waals surface area (Å²) in [6, 6.07) is 7.79. The number of amides is 1. The molecule has 0 spiro atoms. The second-order valence-corrected chi connectivity index (χ2v) is 7.26. The number of carbonyl (C=O) groups is 1. The van der Waals surface area contributed by atoms with Gasteiger partial charge in [0, 0.05) is 50.3 Å². The zero-order chi connectivity index (χ0) is 17.4. The standard InChI is InChI=1S/C19H24N4O2/c1-22(2)16-5-3-4-15(12-16)19(24)23-10-8-14(9-11-23)18-21-20-17(25-18)13-6-7-13/h3-5,12-14H,6-11H2,1-2H3. The van der Waals surface area contributed by atoms with Gasteiger partial charge in [-0.2, -0.15) is 0 Å². The first-order valence-electron chi connectivity index (χ1n) is 9.02. The Labute approximate surface area is 147 Å². The number of hydrogen-bond acceptors (Lipinski definition) is 5. The second-order valence-electron chi connectivity index (χ2n) is 7.26. The Balaban J connectivity index is 1.39. The van der Waals surface area contributed by atoms with Gasteiger partial charge in [-0.05, 0) is 43.9 Å². The van der Waals surface area contributed by atoms with E-state index in [1.807, 2.05) is 48.2 Å². The molecule has 4 rings (SSSR count). The van der Waals surface area contributed by atoms with Crippen molar-refractivity contribution in [3.8, 4) is 0 Å². The molecule has 1 aliphatic carbocycles. The van der Waals surface area contributed by atoms with Gasteiger partial charge in [-0.15, -0.1) is 10.2 Å². The Hall–Kier alpha value is -2.37. The molecule has 2 heterocycles. The summed E-state index contributed by atoms with van der Waals surface area (Å²) < 4.78 is 5.84. The third kappa shape index (κ3) is 3.38. The molecular formula is C19H24N4O2. The van der Waals surface area contributed by atoms with Crippen molar-refractivity contribution in [2.24, 2.45) is 0 Å². The van der Waals surface area contributed by atoms with Gasteiger partial charge in [0.15, 0.2) is 0 Å². The topological polar surface area (TPSA) is 62.5 Å². The summed E-state index contributed by atoms with van der Waals surface area (Å²) in [5.41, 5.74) is 1.79. The molecule has 25 heavy (non-hydrogen) atoms. The van der Waals surface area contributed by atoms with Crippen molar-refractivity contribution in [3.05, 3.63) is 41.6 Å². The Morgan fingerprint density at radius 3 is 2.32 bits per heavy atom. The highest BCUT2D eigenvalue weighted by atomic mass is 16.4. The van der Waals surface area contributed by atoms with E-state index in [0.717, 1.165) is 49.0 Å². The van der Waals surface area contributed by atoms with E-state index in [1.54, 1.807) is 0 Å². The van der Waals surface area contributed by atoms with Crippen molar-refractivity contribution in [2.45, 2.75) is 37.5 Å². The molecule has 1 saturated heterocycles. The van der Waals surface area contributed by atoms with Crippen molar-refractivity contribution in [1.82, 2.24) is 15.1 Å². The summed E-state index contributed by atoms with van der Waals surface area (Å²) in [5.74, 6) is 2.42. The minimum absolute atomic E-state index is 0.103. The molecule has 0 unspecified atom stereocenters. The Kier molecular flexibility index (Phi) is 4.19. The van der Waals surface area contributed by atoms with Gasteiger partial charge in [0.05, 0.1) is 0 Å². The van der Waals surface area contributed by atoms with Gasteiger partial charge in [-0.25, -0.2) is 0 Å². The first kappa shape index (κ1) is 16.1. The number of piperidine rings is 1. The van der Waals surface area contributed by atoms with Gasteiger partial charge in [0.1, 0.15) is 0 Å². The Morgan fingerprint density at radius 2 is 1.72 bits per heavy atom. The summed E-state index contributed by atoms with van der Waals surface area (Å²) >= 11 is 0. The lowest BCUT2D eigenvalue weighted by atomic mass is 9.96. The molecule has 1 amide bonds. The van der Waals surface area contributed by atoms with E-state index in [9.17, 15) is 4.79 Å². The van der Waals surface area contributed by atoms with Gasteiger partial charge in [0.25, 0.3) is 5.91 Å². The molecule has 0 atom stereocenters. The number of hydrogen-bond donors (Lipinski definition) is 0. The van der Waals surface area contributed by atoms with Crippen LogP contribution in [0.5, 0.6) is 0 Å². The van der Waals surface area contributed by atoms with Gasteiger partial charge in [-0.1, -0.05) is 6.07 Å². The third-order valence-corrected chi connectivity index (χ3v) is 5.12. The average molecular weight is 340 g/mol. The van der Waals surface area contributed by atoms with Crippen LogP contribution >= 0.6 is 0 Å². The smallest absolute Gasteiger partial charge is 0.253 e. The van der Waals surface area contributed by atoms with Crippen molar-refractivity contribution in [1.29, 1.82) is 0 Å². The lowest BCUT2D eigenvalue weighted by molar-refractivity contribution is 0.0706. The minimum Gasteiger partial charge on any atom is -0.425 e. The second kappa shape index (κ2) is 6.50. The van der Waals surface area contributed by atoms with Crippen LogP contribution in [0.3, 0.4) is 0 Å². The fourth-order valence-electron chi connectivity index (χ4n) is 3.34. The van der Waals surface area contributed by atoms with Crippen molar-refractivity contribution >= 4 is 11.6 Å². The molecule has 2 fully saturated rings. The summed E-state index contributed by atoms with van der Waals surface area (Å²) in [5, 5.41) is 8.41. The SMILES string of the molecule is CN(C)c1cccc(C(=O)N2CCC(c3nnc(C4CC4)o3)CC2)c1. The maximum atomic E-state index is 12.8. The van der Waals surface area contributed by atoms with E-state index in [-0.39, 0.29) is 11.8 Å². The molecular weight excluding hydrogens is 316 g/mol. The highest BCUT2D eigenvalue weighted by molar-refractivity contribution is 5.95. The van der Waals surface area contributed by atoms with Crippen LogP contribution < -0.4 is 4.90 Å². The molecule has 6 heteroatoms. The van der Waals surface area contributed by atoms with Crippen LogP contribution in [0.4, 0.5) is 5.69 Å². The fraction of sp³-hybridized carbons (Fsp3) is 0.526. The molecule has 6 nitrogen and oxygen atoms in total. The maximum Gasteiger partial charge on any atom is 0.253 e. The first-order valence-corrected chi connectivity index (χ1v) is 9.02. The van der Waals surface area contributed by atoms with E-state index < -0.39 is 0 Å². The molecule has 1 aromatic carbocycles. The molecule has 1 aromatic heterocycles. The highest BCUT2D eigenvalue weighted by Gasteiger charge is 2.32. The molecule has 1 saturated carbocycles.